The number of nitrogens with one attached hydrogen (secondary N) is 1. The third-order valence-electron chi connectivity index (χ3n) is 2.33. The van der Waals surface area contributed by atoms with E-state index in [1.165, 1.54) is 4.68 Å². The molecule has 5 nitrogen and oxygen atoms in total. The highest BCUT2D eigenvalue weighted by molar-refractivity contribution is 6.03. The first-order chi connectivity index (χ1) is 8.49. The fourth-order valence-corrected chi connectivity index (χ4v) is 1.50. The van der Waals surface area contributed by atoms with Crippen LogP contribution in [0.5, 0.6) is 0 Å². The number of anilines is 1. The van der Waals surface area contributed by atoms with E-state index in [9.17, 15) is 13.6 Å². The molecule has 0 bridgehead atoms. The molecule has 2 aromatic rings. The minimum atomic E-state index is -1.30. The van der Waals surface area contributed by atoms with E-state index in [-0.39, 0.29) is 0 Å². The lowest BCUT2D eigenvalue weighted by Gasteiger charge is -2.05. The third-order valence-corrected chi connectivity index (χ3v) is 2.33. The molecule has 2 aromatic heterocycles. The zero-order valence-corrected chi connectivity index (χ0v) is 9.74. The lowest BCUT2D eigenvalue weighted by atomic mass is 10.2. The SMILES string of the molecule is Cc1cc(NC(=O)c2ccnc(F)c2F)n(C)n1. The molecule has 1 amide bonds. The Balaban J connectivity index is 2.27. The van der Waals surface area contributed by atoms with Gasteiger partial charge in [-0.05, 0) is 13.0 Å². The van der Waals surface area contributed by atoms with Crippen molar-refractivity contribution >= 4 is 11.7 Å². The monoisotopic (exact) mass is 252 g/mol. The maximum absolute atomic E-state index is 13.3. The summed E-state index contributed by atoms with van der Waals surface area (Å²) in [5, 5.41) is 6.46. The quantitative estimate of drug-likeness (QED) is 0.827. The topological polar surface area (TPSA) is 59.8 Å². The van der Waals surface area contributed by atoms with Gasteiger partial charge in [-0.1, -0.05) is 0 Å². The van der Waals surface area contributed by atoms with E-state index >= 15 is 0 Å². The van der Waals surface area contributed by atoms with Crippen LogP contribution in [0.3, 0.4) is 0 Å². The van der Waals surface area contributed by atoms with E-state index in [1.807, 2.05) is 0 Å². The van der Waals surface area contributed by atoms with Crippen LogP contribution in [0.4, 0.5) is 14.6 Å². The summed E-state index contributed by atoms with van der Waals surface area (Å²) in [7, 11) is 1.63. The summed E-state index contributed by atoms with van der Waals surface area (Å²) in [4.78, 5) is 14.9. The van der Waals surface area contributed by atoms with Crippen LogP contribution in [-0.4, -0.2) is 20.7 Å². The van der Waals surface area contributed by atoms with E-state index in [2.05, 4.69) is 15.4 Å². The lowest BCUT2D eigenvalue weighted by molar-refractivity contribution is 0.102. The number of carbonyl (C=O) groups is 1. The maximum Gasteiger partial charge on any atom is 0.260 e. The van der Waals surface area contributed by atoms with Crippen LogP contribution >= 0.6 is 0 Å². The molecule has 2 rings (SSSR count). The molecule has 0 spiro atoms. The van der Waals surface area contributed by atoms with E-state index in [1.54, 1.807) is 20.0 Å². The van der Waals surface area contributed by atoms with Gasteiger partial charge in [0.1, 0.15) is 5.82 Å². The highest BCUT2D eigenvalue weighted by Crippen LogP contribution is 2.13. The first-order valence-electron chi connectivity index (χ1n) is 5.11. The summed E-state index contributed by atoms with van der Waals surface area (Å²) in [6.07, 6.45) is 1.03. The molecule has 0 unspecified atom stereocenters. The van der Waals surface area contributed by atoms with Crippen molar-refractivity contribution in [1.29, 1.82) is 0 Å². The average molecular weight is 252 g/mol. The zero-order valence-electron chi connectivity index (χ0n) is 9.74. The van der Waals surface area contributed by atoms with E-state index in [0.29, 0.717) is 11.5 Å². The molecule has 0 aromatic carbocycles. The van der Waals surface area contributed by atoms with E-state index < -0.39 is 23.2 Å². The van der Waals surface area contributed by atoms with Crippen LogP contribution in [0.25, 0.3) is 0 Å². The van der Waals surface area contributed by atoms with Crippen LogP contribution in [0.2, 0.25) is 0 Å². The van der Waals surface area contributed by atoms with Crippen molar-refractivity contribution in [2.24, 2.45) is 7.05 Å². The number of hydrogen-bond acceptors (Lipinski definition) is 3. The van der Waals surface area contributed by atoms with Crippen molar-refractivity contribution < 1.29 is 13.6 Å². The largest absolute Gasteiger partial charge is 0.307 e. The molecular weight excluding hydrogens is 242 g/mol. The van der Waals surface area contributed by atoms with E-state index in [4.69, 9.17) is 0 Å². The molecule has 18 heavy (non-hydrogen) atoms. The van der Waals surface area contributed by atoms with E-state index in [0.717, 1.165) is 12.3 Å². The number of pyridine rings is 1. The Morgan fingerprint density at radius 2 is 2.17 bits per heavy atom. The van der Waals surface area contributed by atoms with Crippen LogP contribution < -0.4 is 5.32 Å². The van der Waals surface area contributed by atoms with Crippen LogP contribution in [0, 0.1) is 18.7 Å². The van der Waals surface area contributed by atoms with Crippen molar-refractivity contribution in [3.63, 3.8) is 0 Å². The Morgan fingerprint density at radius 3 is 2.78 bits per heavy atom. The van der Waals surface area contributed by atoms with Gasteiger partial charge in [0.05, 0.1) is 11.3 Å². The molecule has 7 heteroatoms. The Hall–Kier alpha value is -2.31. The molecule has 0 saturated carbocycles. The molecule has 1 N–H and O–H groups in total. The predicted octanol–water partition coefficient (Wildman–Crippen LogP) is 1.65. The Bertz CT molecular complexity index is 609. The van der Waals surface area contributed by atoms with Gasteiger partial charge in [-0.2, -0.15) is 9.49 Å². The third kappa shape index (κ3) is 2.20. The summed E-state index contributed by atoms with van der Waals surface area (Å²) >= 11 is 0. The van der Waals surface area contributed by atoms with Gasteiger partial charge < -0.3 is 5.32 Å². The Morgan fingerprint density at radius 1 is 1.44 bits per heavy atom. The fraction of sp³-hybridized carbons (Fsp3) is 0.182. The summed E-state index contributed by atoms with van der Waals surface area (Å²) in [6.45, 7) is 1.75. The van der Waals surface area contributed by atoms with Gasteiger partial charge in [0, 0.05) is 19.3 Å². The van der Waals surface area contributed by atoms with Crippen molar-refractivity contribution in [2.45, 2.75) is 6.92 Å². The fourth-order valence-electron chi connectivity index (χ4n) is 1.50. The summed E-state index contributed by atoms with van der Waals surface area (Å²) in [5.74, 6) is -2.93. The molecule has 0 fully saturated rings. The van der Waals surface area contributed by atoms with Crippen molar-refractivity contribution in [3.8, 4) is 0 Å². The molecular formula is C11H10F2N4O. The molecule has 0 atom stereocenters. The lowest BCUT2D eigenvalue weighted by Crippen LogP contribution is -2.17. The second-order valence-electron chi connectivity index (χ2n) is 3.71. The summed E-state index contributed by atoms with van der Waals surface area (Å²) in [5.41, 5.74) is 0.301. The number of nitrogens with zero attached hydrogens (tertiary/aromatic N) is 3. The minimum absolute atomic E-state index is 0.397. The molecule has 0 saturated heterocycles. The second-order valence-corrected chi connectivity index (χ2v) is 3.71. The predicted molar refractivity (Wildman–Crippen MR) is 60.1 cm³/mol. The van der Waals surface area contributed by atoms with Gasteiger partial charge in [0.15, 0.2) is 5.82 Å². The first-order valence-corrected chi connectivity index (χ1v) is 5.11. The molecule has 0 radical (unpaired) electrons. The van der Waals surface area contributed by atoms with Crippen LogP contribution in [-0.2, 0) is 7.05 Å². The van der Waals surface area contributed by atoms with Crippen LogP contribution in [0.1, 0.15) is 16.1 Å². The van der Waals surface area contributed by atoms with Crippen molar-refractivity contribution in [3.05, 3.63) is 41.4 Å². The highest BCUT2D eigenvalue weighted by atomic mass is 19.2. The van der Waals surface area contributed by atoms with Crippen LogP contribution in [0.15, 0.2) is 18.3 Å². The average Bonchev–Trinajstić information content (AvgIpc) is 2.61. The zero-order chi connectivity index (χ0) is 13.3. The van der Waals surface area contributed by atoms with Crippen molar-refractivity contribution in [2.75, 3.05) is 5.32 Å². The maximum atomic E-state index is 13.3. The molecule has 0 aliphatic carbocycles. The summed E-state index contributed by atoms with van der Waals surface area (Å²) < 4.78 is 27.7. The normalized spacial score (nSPS) is 10.4. The molecule has 0 aliphatic rings. The number of amides is 1. The standard InChI is InChI=1S/C11H10F2N4O/c1-6-5-8(17(2)16-6)15-11(18)7-3-4-14-10(13)9(7)12/h3-5H,1-2H3,(H,15,18). The number of aryl methyl sites for hydroxylation is 2. The minimum Gasteiger partial charge on any atom is -0.307 e. The molecule has 0 aliphatic heterocycles. The molecule has 2 heterocycles. The van der Waals surface area contributed by atoms with Gasteiger partial charge in [0.25, 0.3) is 5.91 Å². The number of hydrogen-bond donors (Lipinski definition) is 1. The van der Waals surface area contributed by atoms with Gasteiger partial charge in [0.2, 0.25) is 5.95 Å². The number of carbonyl (C=O) groups excluding carboxylic acids is 1. The Kier molecular flexibility index (Phi) is 3.05. The first kappa shape index (κ1) is 12.2. The van der Waals surface area contributed by atoms with Gasteiger partial charge in [-0.3, -0.25) is 9.48 Å². The van der Waals surface area contributed by atoms with Gasteiger partial charge in [-0.15, -0.1) is 0 Å². The highest BCUT2D eigenvalue weighted by Gasteiger charge is 2.17. The Labute approximate surface area is 101 Å². The smallest absolute Gasteiger partial charge is 0.260 e. The number of halogens is 2. The molecule has 94 valence electrons. The van der Waals surface area contributed by atoms with Crippen molar-refractivity contribution in [1.82, 2.24) is 14.8 Å². The number of rotatable bonds is 2. The second kappa shape index (κ2) is 4.52. The van der Waals surface area contributed by atoms with Gasteiger partial charge >= 0.3 is 0 Å². The van der Waals surface area contributed by atoms with Gasteiger partial charge in [-0.25, -0.2) is 9.37 Å². The summed E-state index contributed by atoms with van der Waals surface area (Å²) in [6, 6.07) is 2.73. The number of aromatic nitrogens is 3.